The number of hydrogen-bond acceptors (Lipinski definition) is 3. The maximum atomic E-state index is 13.5. The second kappa shape index (κ2) is 12.6. The smallest absolute Gasteiger partial charge is 0.204 e. The van der Waals surface area contributed by atoms with Crippen molar-refractivity contribution in [3.63, 3.8) is 0 Å². The fourth-order valence-electron chi connectivity index (χ4n) is 3.34. The van der Waals surface area contributed by atoms with E-state index in [0.29, 0.717) is 0 Å². The Hall–Kier alpha value is -4.91. The summed E-state index contributed by atoms with van der Waals surface area (Å²) >= 11 is 0. The molecule has 0 aliphatic carbocycles. The third kappa shape index (κ3) is 5.48. The van der Waals surface area contributed by atoms with Crippen LogP contribution in [0, 0.1) is 98.9 Å². The van der Waals surface area contributed by atoms with E-state index in [1.807, 2.05) is 0 Å². The number of halogens is 17. The molecule has 0 saturated heterocycles. The van der Waals surface area contributed by atoms with E-state index in [2.05, 4.69) is 0 Å². The van der Waals surface area contributed by atoms with Crippen LogP contribution in [0.1, 0.15) is 7.43 Å². The van der Waals surface area contributed by atoms with Crippen LogP contribution in [0.5, 0.6) is 17.2 Å². The van der Waals surface area contributed by atoms with Gasteiger partial charge in [-0.05, 0) is 0 Å². The highest BCUT2D eigenvalue weighted by Crippen LogP contribution is 2.42. The van der Waals surface area contributed by atoms with E-state index in [0.717, 1.165) is 0 Å². The largest absolute Gasteiger partial charge is 0.503 e. The molecule has 0 aliphatic heterocycles. The van der Waals surface area contributed by atoms with Crippen LogP contribution in [-0.2, 0) is 0 Å². The standard InChI is InChI=1S/C12HF9O.C12H2F8O2.CH4/c13-3-1(4(14)8(18)9(19)7(3)17)2-5(15)10(20)12(22)11(21)6(2)16;13-3-1(4(14)8(18)11(21)7(3)17)2-5(15)9(19)12(22)10(20)6(2)16;/h22H;21-22H;1H4. The molecule has 20 heteroatoms. The average Bonchev–Trinajstić information content (AvgIpc) is 3.00. The normalized spacial score (nSPS) is 10.9. The summed E-state index contributed by atoms with van der Waals surface area (Å²) in [5.74, 6) is -49.2. The monoisotopic (exact) mass is 678 g/mol. The Morgan fingerprint density at radius 2 is 0.311 bits per heavy atom. The second-order valence-corrected chi connectivity index (χ2v) is 7.88. The van der Waals surface area contributed by atoms with Crippen LogP contribution >= 0.6 is 0 Å². The van der Waals surface area contributed by atoms with Crippen LogP contribution < -0.4 is 0 Å². The van der Waals surface area contributed by atoms with Gasteiger partial charge in [0.05, 0.1) is 22.3 Å². The Balaban J connectivity index is 0.000000307. The summed E-state index contributed by atoms with van der Waals surface area (Å²) in [7, 11) is 0. The molecule has 244 valence electrons. The zero-order valence-corrected chi connectivity index (χ0v) is 19.8. The predicted molar refractivity (Wildman–Crippen MR) is 115 cm³/mol. The van der Waals surface area contributed by atoms with Crippen LogP contribution in [0.3, 0.4) is 0 Å². The minimum absolute atomic E-state index is 0. The molecule has 0 aromatic heterocycles. The zero-order valence-electron chi connectivity index (χ0n) is 19.8. The Morgan fingerprint density at radius 3 is 0.467 bits per heavy atom. The van der Waals surface area contributed by atoms with Crippen LogP contribution in [0.15, 0.2) is 0 Å². The van der Waals surface area contributed by atoms with Crippen molar-refractivity contribution in [1.29, 1.82) is 0 Å². The average molecular weight is 678 g/mol. The van der Waals surface area contributed by atoms with Gasteiger partial charge in [-0.3, -0.25) is 0 Å². The Bertz CT molecular complexity index is 1490. The quantitative estimate of drug-likeness (QED) is 0.113. The maximum Gasteiger partial charge on any atom is 0.204 e. The van der Waals surface area contributed by atoms with Crippen molar-refractivity contribution in [2.24, 2.45) is 0 Å². The number of phenols is 3. The minimum Gasteiger partial charge on any atom is -0.503 e. The molecule has 0 radical (unpaired) electrons. The van der Waals surface area contributed by atoms with Crippen molar-refractivity contribution in [3.8, 4) is 39.5 Å². The molecule has 4 aromatic rings. The van der Waals surface area contributed by atoms with Gasteiger partial charge in [-0.1, -0.05) is 7.43 Å². The van der Waals surface area contributed by atoms with Crippen LogP contribution in [0.25, 0.3) is 22.3 Å². The summed E-state index contributed by atoms with van der Waals surface area (Å²) < 4.78 is 226. The van der Waals surface area contributed by atoms with Crippen molar-refractivity contribution >= 4 is 0 Å². The minimum atomic E-state index is -2.65. The lowest BCUT2D eigenvalue weighted by molar-refractivity contribution is 0.351. The van der Waals surface area contributed by atoms with Gasteiger partial charge < -0.3 is 15.3 Å². The van der Waals surface area contributed by atoms with Gasteiger partial charge in [0.15, 0.2) is 75.4 Å². The van der Waals surface area contributed by atoms with E-state index in [1.165, 1.54) is 0 Å². The lowest BCUT2D eigenvalue weighted by atomic mass is 10.0. The van der Waals surface area contributed by atoms with Gasteiger partial charge >= 0.3 is 0 Å². The topological polar surface area (TPSA) is 60.7 Å². The van der Waals surface area contributed by atoms with Gasteiger partial charge in [-0.15, -0.1) is 0 Å². The fourth-order valence-corrected chi connectivity index (χ4v) is 3.34. The summed E-state index contributed by atoms with van der Waals surface area (Å²) in [6.07, 6.45) is 0. The molecule has 0 atom stereocenters. The molecule has 3 N–H and O–H groups in total. The van der Waals surface area contributed by atoms with Gasteiger partial charge in [-0.25, -0.2) is 48.3 Å². The number of rotatable bonds is 2. The van der Waals surface area contributed by atoms with Crippen molar-refractivity contribution in [1.82, 2.24) is 0 Å². The molecular weight excluding hydrogens is 671 g/mol. The first-order chi connectivity index (χ1) is 20.2. The molecule has 3 nitrogen and oxygen atoms in total. The van der Waals surface area contributed by atoms with E-state index in [9.17, 15) is 74.6 Å². The highest BCUT2D eigenvalue weighted by molar-refractivity contribution is 5.70. The molecule has 0 saturated carbocycles. The molecule has 0 unspecified atom stereocenters. The highest BCUT2D eigenvalue weighted by atomic mass is 19.2. The summed E-state index contributed by atoms with van der Waals surface area (Å²) in [5, 5.41) is 26.2. The third-order valence-electron chi connectivity index (χ3n) is 5.43. The van der Waals surface area contributed by atoms with Crippen LogP contribution in [0.4, 0.5) is 74.6 Å². The first-order valence-corrected chi connectivity index (χ1v) is 10.4. The number of hydrogen-bond donors (Lipinski definition) is 3. The molecule has 4 rings (SSSR count). The predicted octanol–water partition coefficient (Wildman–Crippen LogP) is 8.82. The van der Waals surface area contributed by atoms with Gasteiger partial charge in [-0.2, -0.15) is 26.3 Å². The van der Waals surface area contributed by atoms with E-state index in [1.54, 1.807) is 0 Å². The first-order valence-electron chi connectivity index (χ1n) is 10.4. The number of aromatic hydroxyl groups is 3. The molecule has 0 aliphatic rings. The van der Waals surface area contributed by atoms with Gasteiger partial charge in [0.2, 0.25) is 40.7 Å². The van der Waals surface area contributed by atoms with Crippen molar-refractivity contribution < 1.29 is 90.0 Å². The van der Waals surface area contributed by atoms with Crippen molar-refractivity contribution in [2.45, 2.75) is 7.43 Å². The number of phenolic OH excluding ortho intramolecular Hbond substituents is 3. The van der Waals surface area contributed by atoms with E-state index in [-0.39, 0.29) is 7.43 Å². The molecule has 0 heterocycles. The van der Waals surface area contributed by atoms with Crippen molar-refractivity contribution in [2.75, 3.05) is 0 Å². The Morgan fingerprint density at radius 1 is 0.200 bits per heavy atom. The summed E-state index contributed by atoms with van der Waals surface area (Å²) in [6, 6.07) is 0. The highest BCUT2D eigenvalue weighted by Gasteiger charge is 2.35. The lowest BCUT2D eigenvalue weighted by Crippen LogP contribution is -2.08. The second-order valence-electron chi connectivity index (χ2n) is 7.88. The van der Waals surface area contributed by atoms with Gasteiger partial charge in [0, 0.05) is 0 Å². The molecule has 4 aromatic carbocycles. The lowest BCUT2D eigenvalue weighted by Gasteiger charge is -2.12. The molecule has 45 heavy (non-hydrogen) atoms. The molecular formula is C25H7F17O3. The summed E-state index contributed by atoms with van der Waals surface area (Å²) in [4.78, 5) is 0. The molecule has 0 amide bonds. The van der Waals surface area contributed by atoms with Crippen molar-refractivity contribution in [3.05, 3.63) is 98.9 Å². The molecule has 0 spiro atoms. The fraction of sp³-hybridized carbons (Fsp3) is 0.0400. The maximum absolute atomic E-state index is 13.5. The zero-order chi connectivity index (χ0) is 33.9. The van der Waals surface area contributed by atoms with Gasteiger partial charge in [0.1, 0.15) is 0 Å². The Kier molecular flexibility index (Phi) is 10.2. The van der Waals surface area contributed by atoms with E-state index < -0.39 is 138 Å². The number of benzene rings is 4. The van der Waals surface area contributed by atoms with Gasteiger partial charge in [0.25, 0.3) is 0 Å². The van der Waals surface area contributed by atoms with Crippen LogP contribution in [-0.4, -0.2) is 15.3 Å². The third-order valence-corrected chi connectivity index (χ3v) is 5.43. The SMILES string of the molecule is C.Oc1c(F)c(F)c(-c2c(F)c(F)c(F)c(F)c2F)c(F)c1F.Oc1c(F)c(F)c(-c2c(F)c(F)c(O)c(F)c2F)c(F)c1F. The molecule has 0 bridgehead atoms. The van der Waals surface area contributed by atoms with E-state index >= 15 is 0 Å². The summed E-state index contributed by atoms with van der Waals surface area (Å²) in [6.45, 7) is 0. The summed E-state index contributed by atoms with van der Waals surface area (Å²) in [5.41, 5.74) is -8.63. The van der Waals surface area contributed by atoms with Crippen LogP contribution in [0.2, 0.25) is 0 Å². The molecule has 0 fully saturated rings. The first kappa shape index (κ1) is 36.3. The van der Waals surface area contributed by atoms with E-state index in [4.69, 9.17) is 15.3 Å². The Labute approximate surface area is 236 Å².